The topological polar surface area (TPSA) is 584 Å². The Labute approximate surface area is 718 Å². The molecule has 36 heteroatoms. The van der Waals surface area contributed by atoms with Gasteiger partial charge >= 0.3 is 0 Å². The predicted octanol–water partition coefficient (Wildman–Crippen LogP) is 0.573. The van der Waals surface area contributed by atoms with E-state index in [1.807, 2.05) is 39.8 Å². The number of hydrogen-bond donors (Lipinski definition) is 20. The molecule has 0 saturated heterocycles. The number of aromatic amines is 1. The number of carbonyl (C=O) groups excluding carboxylic acids is 16. The molecule has 0 radical (unpaired) electrons. The van der Waals surface area contributed by atoms with Crippen molar-refractivity contribution < 1.29 is 92.0 Å². The van der Waals surface area contributed by atoms with Crippen LogP contribution in [-0.2, 0) is 96.0 Å². The number of ketones is 2. The van der Waals surface area contributed by atoms with E-state index in [-0.39, 0.29) is 88.3 Å². The molecule has 4 unspecified atom stereocenters. The second-order valence-corrected chi connectivity index (χ2v) is 32.7. The third kappa shape index (κ3) is 34.7. The van der Waals surface area contributed by atoms with Crippen molar-refractivity contribution in [2.75, 3.05) is 20.2 Å². The molecule has 2 heterocycles. The fourth-order valence-electron chi connectivity index (χ4n) is 13.6. The number of nitrogens with one attached hydrogen (secondary N) is 14. The van der Waals surface area contributed by atoms with Gasteiger partial charge in [-0.05, 0) is 160 Å². The summed E-state index contributed by atoms with van der Waals surface area (Å²) < 4.78 is 0. The zero-order chi connectivity index (χ0) is 92.0. The van der Waals surface area contributed by atoms with Gasteiger partial charge in [-0.2, -0.15) is 0 Å². The number of aliphatic hydroxyl groups is 2. The predicted molar refractivity (Wildman–Crippen MR) is 461 cm³/mol. The zero-order valence-electron chi connectivity index (χ0n) is 72.9. The van der Waals surface area contributed by atoms with Gasteiger partial charge in [0.05, 0.1) is 30.7 Å². The fraction of sp³-hybridized carbons (Fsp3) is 0.563. The Morgan fingerprint density at radius 2 is 1.16 bits per heavy atom. The van der Waals surface area contributed by atoms with E-state index in [2.05, 4.69) is 79.8 Å². The van der Waals surface area contributed by atoms with Gasteiger partial charge in [0, 0.05) is 56.3 Å². The number of phenolic OH excluding ortho intramolecular Hbond substituents is 1. The molecular formula is C87H131N17O19. The molecule has 0 bridgehead atoms. The highest BCUT2D eigenvalue weighted by Gasteiger charge is 2.43. The number of benzene rings is 3. The second kappa shape index (κ2) is 51.4. The number of aromatic hydroxyl groups is 1. The molecule has 1 aromatic heterocycles. The number of carbonyl (C=O) groups is 16. The molecule has 0 saturated carbocycles. The summed E-state index contributed by atoms with van der Waals surface area (Å²) in [6.07, 6.45) is 5.86. The second-order valence-electron chi connectivity index (χ2n) is 32.7. The molecule has 4 aromatic rings. The van der Waals surface area contributed by atoms with E-state index >= 15 is 19.2 Å². The zero-order valence-corrected chi connectivity index (χ0v) is 72.9. The van der Waals surface area contributed by atoms with Crippen LogP contribution in [0.5, 0.6) is 5.75 Å². The molecule has 5 rings (SSSR count). The van der Waals surface area contributed by atoms with Crippen LogP contribution >= 0.6 is 0 Å². The highest BCUT2D eigenvalue weighted by molar-refractivity contribution is 6.41. The van der Waals surface area contributed by atoms with E-state index in [9.17, 15) is 72.9 Å². The summed E-state index contributed by atoms with van der Waals surface area (Å²) in [6.45, 7) is 16.6. The van der Waals surface area contributed by atoms with Crippen LogP contribution in [0.2, 0.25) is 0 Å². The fourth-order valence-corrected chi connectivity index (χ4v) is 13.6. The van der Waals surface area contributed by atoms with Crippen molar-refractivity contribution in [3.8, 4) is 5.75 Å². The molecule has 123 heavy (non-hydrogen) atoms. The largest absolute Gasteiger partial charge is 0.508 e. The molecule has 0 fully saturated rings. The Balaban J connectivity index is 0.0000158. The van der Waals surface area contributed by atoms with Gasteiger partial charge in [0.15, 0.2) is 0 Å². The molecule has 0 spiro atoms. The van der Waals surface area contributed by atoms with E-state index in [0.29, 0.717) is 66.1 Å². The number of amides is 14. The molecule has 36 nitrogen and oxygen atoms in total. The van der Waals surface area contributed by atoms with Crippen molar-refractivity contribution in [1.29, 1.82) is 0 Å². The van der Waals surface area contributed by atoms with Crippen LogP contribution < -0.4 is 86.3 Å². The molecule has 23 N–H and O–H groups in total. The van der Waals surface area contributed by atoms with Crippen molar-refractivity contribution in [2.45, 2.75) is 276 Å². The minimum absolute atomic E-state index is 0.00251. The van der Waals surface area contributed by atoms with E-state index < -0.39 is 197 Å². The number of fused-ring (bicyclic) bond motifs is 1. The normalized spacial score (nSPS) is 22.5. The molecule has 15 atom stereocenters. The number of H-pyrrole nitrogens is 1. The first-order valence-electron chi connectivity index (χ1n) is 42.0. The van der Waals surface area contributed by atoms with E-state index in [1.54, 1.807) is 60.8 Å². The number of allylic oxidation sites excluding steroid dienone is 2. The van der Waals surface area contributed by atoms with E-state index in [4.69, 9.17) is 11.5 Å². The van der Waals surface area contributed by atoms with Crippen LogP contribution in [0.3, 0.4) is 0 Å². The van der Waals surface area contributed by atoms with E-state index in [1.165, 1.54) is 86.7 Å². The Bertz CT molecular complexity index is 4270. The third-order valence-corrected chi connectivity index (χ3v) is 21.1. The van der Waals surface area contributed by atoms with Crippen molar-refractivity contribution in [1.82, 2.24) is 74.1 Å². The molecule has 3 aromatic carbocycles. The van der Waals surface area contributed by atoms with Gasteiger partial charge in [0.25, 0.3) is 0 Å². The molecular weight excluding hydrogens is 1590 g/mol. The van der Waals surface area contributed by atoms with Gasteiger partial charge in [-0.25, -0.2) is 0 Å². The Kier molecular flexibility index (Phi) is 43.4. The Morgan fingerprint density at radius 1 is 0.561 bits per heavy atom. The summed E-state index contributed by atoms with van der Waals surface area (Å²) in [5, 5.41) is 67.0. The van der Waals surface area contributed by atoms with Gasteiger partial charge in [0.2, 0.25) is 94.3 Å². The first-order valence-corrected chi connectivity index (χ1v) is 42.0. The summed E-state index contributed by atoms with van der Waals surface area (Å²) in [6, 6.07) is 4.98. The van der Waals surface area contributed by atoms with Crippen LogP contribution in [0.1, 0.15) is 190 Å². The van der Waals surface area contributed by atoms with Crippen LogP contribution in [0.25, 0.3) is 10.9 Å². The molecule has 1 aliphatic rings. The maximum Gasteiger partial charge on any atom is 0.246 e. The number of aliphatic hydroxyl groups excluding tert-OH is 2. The lowest BCUT2D eigenvalue weighted by Crippen LogP contribution is -2.64. The van der Waals surface area contributed by atoms with E-state index in [0.717, 1.165) is 0 Å². The van der Waals surface area contributed by atoms with Gasteiger partial charge < -0.3 is 107 Å². The van der Waals surface area contributed by atoms with Crippen molar-refractivity contribution >= 4 is 105 Å². The van der Waals surface area contributed by atoms with Crippen molar-refractivity contribution in [2.24, 2.45) is 35.0 Å². The summed E-state index contributed by atoms with van der Waals surface area (Å²) in [5.74, 6) is -15.8. The van der Waals surface area contributed by atoms with Crippen LogP contribution in [0.15, 0.2) is 97.2 Å². The van der Waals surface area contributed by atoms with Crippen LogP contribution in [0.4, 0.5) is 0 Å². The van der Waals surface area contributed by atoms with Gasteiger partial charge in [0.1, 0.15) is 71.2 Å². The molecule has 1 aliphatic heterocycles. The average molecular weight is 1720 g/mol. The smallest absolute Gasteiger partial charge is 0.246 e. The monoisotopic (exact) mass is 1720 g/mol. The molecule has 678 valence electrons. The summed E-state index contributed by atoms with van der Waals surface area (Å²) in [7, 11) is 1.50. The quantitative estimate of drug-likeness (QED) is 0.0251. The SMILES string of the molecule is CC(=O)N[C@@H](CC(C)C)C(=O)N[C@H](C(=O)N[C@@H](Cc1ccccc1)C(=O)N[C@]1(C)CCCCCC/C=C\CCC[C@@](C)(C(=O)NC(CO)C(=O)N[C@@H](C)C(=O)NC(C)C(N)=O)NC(=O)[C@H](CCC(C)C)CN[C@@H](CCC(N)=O)C(=O)C(=O)C(C)NC(=O)[C@H](Cc2c[nH]c3ccccc23)NC(=O)[C@H](Cc2ccc(O)cc2)NC(=O)C(C)NC1=O)[C@@H](C)O.CN. The van der Waals surface area contributed by atoms with Gasteiger partial charge in [-0.3, -0.25) is 76.7 Å². The first-order chi connectivity index (χ1) is 58.0. The molecule has 0 aliphatic carbocycles. The minimum Gasteiger partial charge on any atom is -0.508 e. The number of primary amides is 2. The average Bonchev–Trinajstić information content (AvgIpc) is 1.61. The maximum absolute atomic E-state index is 15.2. The van der Waals surface area contributed by atoms with Gasteiger partial charge in [-0.1, -0.05) is 126 Å². The lowest BCUT2D eigenvalue weighted by atomic mass is 9.90. The van der Waals surface area contributed by atoms with Crippen LogP contribution in [-0.4, -0.2) is 218 Å². The first kappa shape index (κ1) is 104. The maximum atomic E-state index is 15.2. The number of para-hydroxylation sites is 1. The Morgan fingerprint density at radius 3 is 1.78 bits per heavy atom. The third-order valence-electron chi connectivity index (χ3n) is 21.1. The number of Topliss-reactive ketones (excluding diaryl/α,β-unsaturated/α-hetero) is 2. The van der Waals surface area contributed by atoms with Crippen molar-refractivity contribution in [3.63, 3.8) is 0 Å². The Hall–Kier alpha value is -11.5. The summed E-state index contributed by atoms with van der Waals surface area (Å²) in [4.78, 5) is 229. The number of nitrogens with two attached hydrogens (primary N) is 3. The molecule has 14 amide bonds. The number of phenols is 1. The van der Waals surface area contributed by atoms with Crippen LogP contribution in [0, 0.1) is 17.8 Å². The van der Waals surface area contributed by atoms with Gasteiger partial charge in [-0.15, -0.1) is 0 Å². The number of rotatable bonds is 30. The number of hydrogen-bond acceptors (Lipinski definition) is 21. The van der Waals surface area contributed by atoms with Crippen molar-refractivity contribution in [3.05, 3.63) is 114 Å². The summed E-state index contributed by atoms with van der Waals surface area (Å²) >= 11 is 0. The lowest BCUT2D eigenvalue weighted by molar-refractivity contribution is -0.140. The highest BCUT2D eigenvalue weighted by Crippen LogP contribution is 2.25. The number of aromatic nitrogens is 1. The lowest BCUT2D eigenvalue weighted by Gasteiger charge is -2.33. The standard InChI is InChI=1S/C86H126N16O19.CH5N/c1-48(2)31-34-58-45-90-63(37-38-69(87)107)72(109)71(108)50(5)91-77(114)67(44-59-46-89-62-30-24-23-29-61(59)62)97-78(115)65(43-57-32-35-60(106)36-33-57)96-75(112)53(8)94-83(120)85(11,102-81(118)66(42-56-27-21-20-22-28-56)98-82(119)70(54(9)104)100-79(116)64(41-49(3)4)95-55(10)105)39-25-18-16-14-13-15-17-19-26-40-86(12,101-76(58)113)84(121)99-68(47-103)80(117)93-52(7)74(111)92-51(6)73(88)110;1-2/h15,17,20-24,27-30,32-33,35-36,46,48-54,58,63-68,70,89-90,103-104,106H,13-14,16,18-19,25-26,31,34,37-45,47H2,1-12H3,(H2,87,107)(H2,88,110)(H,91,114)(H,92,111)(H,93,117)(H,94,120)(H,95,105)(H,96,112)(H,97,115)(H,98,119)(H,99,121)(H,100,116)(H,101,113)(H,102,118);2H2,1H3/b17-15-;/t50?,51?,52-,53?,54+,58+,63-,64-,65-,66-,67-,68?,70-,85+,86-;/m0./s1. The minimum atomic E-state index is -1.91. The summed E-state index contributed by atoms with van der Waals surface area (Å²) in [5.41, 5.74) is 13.7. The highest BCUT2D eigenvalue weighted by atomic mass is 16.3.